The molecule has 0 aromatic carbocycles. The summed E-state index contributed by atoms with van der Waals surface area (Å²) in [5.74, 6) is 0.277. The zero-order valence-corrected chi connectivity index (χ0v) is 5.20. The van der Waals surface area contributed by atoms with Gasteiger partial charge < -0.3 is 10.1 Å². The molecule has 3 nitrogen and oxygen atoms in total. The fraction of sp³-hybridized carbons (Fsp3) is 0. The number of aromatic hydroxyl groups is 1. The van der Waals surface area contributed by atoms with Crippen LogP contribution in [0.5, 0.6) is 5.75 Å². The van der Waals surface area contributed by atoms with E-state index in [0.717, 1.165) is 11.3 Å². The monoisotopic (exact) mass is 134 g/mol. The summed E-state index contributed by atoms with van der Waals surface area (Å²) in [7, 11) is 0. The molecule has 0 unspecified atom stereocenters. The summed E-state index contributed by atoms with van der Waals surface area (Å²) in [6.07, 6.45) is 3.21. The van der Waals surface area contributed by atoms with Gasteiger partial charge in [-0.15, -0.1) is 0 Å². The van der Waals surface area contributed by atoms with Crippen molar-refractivity contribution in [3.63, 3.8) is 0 Å². The zero-order chi connectivity index (χ0) is 6.97. The first-order valence-electron chi connectivity index (χ1n) is 2.98. The summed E-state index contributed by atoms with van der Waals surface area (Å²) in [5, 5.41) is 9.15. The number of hydrogen-bond acceptors (Lipinski definition) is 2. The Morgan fingerprint density at radius 2 is 2.30 bits per heavy atom. The van der Waals surface area contributed by atoms with E-state index in [9.17, 15) is 0 Å². The Labute approximate surface area is 57.7 Å². The van der Waals surface area contributed by atoms with Crippen LogP contribution in [-0.2, 0) is 0 Å². The third-order valence-corrected chi connectivity index (χ3v) is 1.47. The molecule has 0 saturated heterocycles. The lowest BCUT2D eigenvalue weighted by Crippen LogP contribution is -1.80. The SMILES string of the molecule is Oc1ccc2[nH]cncc1-2. The highest BCUT2D eigenvalue weighted by Gasteiger charge is 2.06. The molecule has 0 amide bonds. The van der Waals surface area contributed by atoms with Crippen molar-refractivity contribution in [2.75, 3.05) is 0 Å². The van der Waals surface area contributed by atoms with Gasteiger partial charge in [0.2, 0.25) is 0 Å². The second-order valence-corrected chi connectivity index (χ2v) is 2.10. The van der Waals surface area contributed by atoms with E-state index in [4.69, 9.17) is 5.11 Å². The highest BCUT2D eigenvalue weighted by molar-refractivity contribution is 5.68. The molecule has 2 N–H and O–H groups in total. The first-order valence-corrected chi connectivity index (χ1v) is 2.98. The summed E-state index contributed by atoms with van der Waals surface area (Å²) in [6.45, 7) is 0. The lowest BCUT2D eigenvalue weighted by Gasteiger charge is -1.95. The molecule has 2 aliphatic rings. The standard InChI is InChI=1S/C7H6N2O/c10-7-2-1-6-5(7)3-8-4-9-6/h1-4,10H,(H,8,9). The van der Waals surface area contributed by atoms with E-state index in [1.165, 1.54) is 0 Å². The highest BCUT2D eigenvalue weighted by atomic mass is 16.3. The molecule has 1 heterocycles. The van der Waals surface area contributed by atoms with Crippen molar-refractivity contribution >= 4 is 0 Å². The summed E-state index contributed by atoms with van der Waals surface area (Å²) in [5.41, 5.74) is 1.68. The quantitative estimate of drug-likeness (QED) is 0.569. The van der Waals surface area contributed by atoms with E-state index in [0.29, 0.717) is 0 Å². The van der Waals surface area contributed by atoms with Gasteiger partial charge in [0.25, 0.3) is 0 Å². The van der Waals surface area contributed by atoms with Crippen LogP contribution in [0.15, 0.2) is 24.7 Å². The number of rotatable bonds is 0. The van der Waals surface area contributed by atoms with Crippen molar-refractivity contribution in [2.45, 2.75) is 0 Å². The molecule has 0 spiro atoms. The van der Waals surface area contributed by atoms with E-state index >= 15 is 0 Å². The van der Waals surface area contributed by atoms with Crippen LogP contribution < -0.4 is 0 Å². The number of fused-ring (bicyclic) bond motifs is 1. The third kappa shape index (κ3) is 0.572. The maximum absolute atomic E-state index is 9.15. The lowest BCUT2D eigenvalue weighted by molar-refractivity contribution is 0.479. The third-order valence-electron chi connectivity index (χ3n) is 1.47. The average molecular weight is 134 g/mol. The molecule has 3 heteroatoms. The minimum Gasteiger partial charge on any atom is -0.507 e. The van der Waals surface area contributed by atoms with E-state index < -0.39 is 0 Å². The maximum Gasteiger partial charge on any atom is 0.126 e. The van der Waals surface area contributed by atoms with Gasteiger partial charge >= 0.3 is 0 Å². The summed E-state index contributed by atoms with van der Waals surface area (Å²) >= 11 is 0. The van der Waals surface area contributed by atoms with Crippen LogP contribution in [0, 0.1) is 0 Å². The van der Waals surface area contributed by atoms with Crippen molar-refractivity contribution in [3.05, 3.63) is 24.7 Å². The molecule has 0 bridgehead atoms. The smallest absolute Gasteiger partial charge is 0.126 e. The maximum atomic E-state index is 9.15. The molecule has 0 atom stereocenters. The number of aromatic nitrogens is 2. The van der Waals surface area contributed by atoms with E-state index in [-0.39, 0.29) is 5.75 Å². The minimum atomic E-state index is 0.277. The number of aromatic amines is 1. The first-order chi connectivity index (χ1) is 4.88. The molecule has 1 aliphatic carbocycles. The summed E-state index contributed by atoms with van der Waals surface area (Å²) in [6, 6.07) is 3.45. The van der Waals surface area contributed by atoms with Crippen LogP contribution in [0.25, 0.3) is 11.3 Å². The predicted molar refractivity (Wildman–Crippen MR) is 36.9 cm³/mol. The van der Waals surface area contributed by atoms with Crippen LogP contribution in [0.1, 0.15) is 0 Å². The van der Waals surface area contributed by atoms with E-state index in [1.54, 1.807) is 18.6 Å². The summed E-state index contributed by atoms with van der Waals surface area (Å²) in [4.78, 5) is 6.73. The Balaban J connectivity index is 2.78. The molecular weight excluding hydrogens is 128 g/mol. The lowest BCUT2D eigenvalue weighted by atomic mass is 10.3. The molecule has 10 heavy (non-hydrogen) atoms. The Morgan fingerprint density at radius 1 is 1.40 bits per heavy atom. The van der Waals surface area contributed by atoms with Crippen molar-refractivity contribution in [2.24, 2.45) is 0 Å². The largest absolute Gasteiger partial charge is 0.507 e. The Morgan fingerprint density at radius 3 is 3.10 bits per heavy atom. The molecular formula is C7H6N2O. The van der Waals surface area contributed by atoms with Gasteiger partial charge in [-0.2, -0.15) is 0 Å². The van der Waals surface area contributed by atoms with Gasteiger partial charge in [0.15, 0.2) is 0 Å². The van der Waals surface area contributed by atoms with Crippen LogP contribution in [0.3, 0.4) is 0 Å². The van der Waals surface area contributed by atoms with Crippen molar-refractivity contribution < 1.29 is 5.11 Å². The second-order valence-electron chi connectivity index (χ2n) is 2.10. The molecule has 0 radical (unpaired) electrons. The van der Waals surface area contributed by atoms with Crippen LogP contribution >= 0.6 is 0 Å². The topological polar surface area (TPSA) is 48.9 Å². The van der Waals surface area contributed by atoms with Crippen LogP contribution in [-0.4, -0.2) is 15.1 Å². The Bertz CT molecular complexity index is 315. The average Bonchev–Trinajstić information content (AvgIpc) is 2.34. The van der Waals surface area contributed by atoms with Gasteiger partial charge in [0, 0.05) is 6.20 Å². The number of H-pyrrole nitrogens is 1. The highest BCUT2D eigenvalue weighted by Crippen LogP contribution is 2.29. The van der Waals surface area contributed by atoms with Gasteiger partial charge in [0.05, 0.1) is 17.6 Å². The predicted octanol–water partition coefficient (Wildman–Crippen LogP) is 1.22. The molecule has 50 valence electrons. The molecule has 0 saturated carbocycles. The molecule has 0 aromatic rings. The molecule has 2 rings (SSSR count). The van der Waals surface area contributed by atoms with Gasteiger partial charge in [0.1, 0.15) is 5.75 Å². The van der Waals surface area contributed by atoms with E-state index in [2.05, 4.69) is 9.97 Å². The van der Waals surface area contributed by atoms with E-state index in [1.807, 2.05) is 6.07 Å². The normalized spacial score (nSPS) is 10.4. The molecule has 0 fully saturated rings. The number of nitrogens with zero attached hydrogens (tertiary/aromatic N) is 1. The van der Waals surface area contributed by atoms with Gasteiger partial charge in [-0.05, 0) is 12.1 Å². The first kappa shape index (κ1) is 5.29. The van der Waals surface area contributed by atoms with Crippen molar-refractivity contribution in [1.29, 1.82) is 0 Å². The van der Waals surface area contributed by atoms with Gasteiger partial charge in [-0.1, -0.05) is 0 Å². The minimum absolute atomic E-state index is 0.277. The summed E-state index contributed by atoms with van der Waals surface area (Å²) < 4.78 is 0. The number of hydrogen-bond donors (Lipinski definition) is 2. The molecule has 1 aliphatic heterocycles. The van der Waals surface area contributed by atoms with Crippen LogP contribution in [0.4, 0.5) is 0 Å². The Kier molecular flexibility index (Phi) is 0.917. The fourth-order valence-electron chi connectivity index (χ4n) is 0.960. The van der Waals surface area contributed by atoms with Crippen molar-refractivity contribution in [1.82, 2.24) is 9.97 Å². The second kappa shape index (κ2) is 1.73. The van der Waals surface area contributed by atoms with Gasteiger partial charge in [-0.3, -0.25) is 0 Å². The van der Waals surface area contributed by atoms with Gasteiger partial charge in [-0.25, -0.2) is 4.98 Å². The Hall–Kier alpha value is -1.51. The van der Waals surface area contributed by atoms with Crippen LogP contribution in [0.2, 0.25) is 0 Å². The fourth-order valence-corrected chi connectivity index (χ4v) is 0.960. The van der Waals surface area contributed by atoms with Crippen molar-refractivity contribution in [3.8, 4) is 17.0 Å². The molecule has 0 aromatic heterocycles. The number of nitrogens with one attached hydrogen (secondary N) is 1. The zero-order valence-electron chi connectivity index (χ0n) is 5.20.